The lowest BCUT2D eigenvalue weighted by molar-refractivity contribution is 0.583. The zero-order chi connectivity index (χ0) is 33.1. The maximum absolute atomic E-state index is 14.2. The number of benzene rings is 5. The first-order valence-corrected chi connectivity index (χ1v) is 18.6. The number of anilines is 3. The molecule has 0 aliphatic rings. The predicted molar refractivity (Wildman–Crippen MR) is 181 cm³/mol. The molecule has 0 aliphatic carbocycles. The van der Waals surface area contributed by atoms with Gasteiger partial charge in [0, 0.05) is 6.54 Å². The molecule has 0 unspecified atom stereocenters. The standard InChI is InChI=1S/C34H33N3O6S3/c1-25-12-18-29(19-13-25)44(38,39)36-33-10-6-5-9-32(33)35-24-28-8-4-7-11-34(28)37(45(40,41)30-20-14-26(2)15-21-30)46(42,43)31-22-16-27(3)17-23-31/h4-23,35-36H,24H2,1-3H3. The second kappa shape index (κ2) is 13.0. The SMILES string of the molecule is Cc1ccc(S(=O)(=O)Nc2ccccc2NCc2ccccc2N(S(=O)(=O)c2ccc(C)cc2)S(=O)(=O)c2ccc(C)cc2)cc1. The Balaban J connectivity index is 1.54. The molecule has 12 heteroatoms. The largest absolute Gasteiger partial charge is 0.379 e. The fourth-order valence-corrected chi connectivity index (χ4v) is 9.52. The van der Waals surface area contributed by atoms with Crippen LogP contribution < -0.4 is 13.7 Å². The molecule has 5 rings (SSSR count). The Labute approximate surface area is 270 Å². The van der Waals surface area contributed by atoms with E-state index in [4.69, 9.17) is 0 Å². The van der Waals surface area contributed by atoms with E-state index in [9.17, 15) is 25.3 Å². The molecule has 0 bridgehead atoms. The molecule has 0 heterocycles. The summed E-state index contributed by atoms with van der Waals surface area (Å²) in [5.41, 5.74) is 3.47. The van der Waals surface area contributed by atoms with E-state index in [1.807, 2.05) is 6.92 Å². The van der Waals surface area contributed by atoms with E-state index in [1.54, 1.807) is 92.7 Å². The summed E-state index contributed by atoms with van der Waals surface area (Å²) in [5, 5.41) is 3.16. The zero-order valence-electron chi connectivity index (χ0n) is 25.4. The minimum Gasteiger partial charge on any atom is -0.379 e. The Bertz CT molecular complexity index is 2110. The Morgan fingerprint density at radius 2 is 0.913 bits per heavy atom. The van der Waals surface area contributed by atoms with Crippen molar-refractivity contribution >= 4 is 47.1 Å². The van der Waals surface area contributed by atoms with Crippen LogP contribution in [0.5, 0.6) is 0 Å². The molecule has 46 heavy (non-hydrogen) atoms. The van der Waals surface area contributed by atoms with E-state index in [1.165, 1.54) is 42.5 Å². The van der Waals surface area contributed by atoms with Crippen molar-refractivity contribution in [2.45, 2.75) is 42.0 Å². The lowest BCUT2D eigenvalue weighted by Crippen LogP contribution is -2.37. The third-order valence-corrected chi connectivity index (χ3v) is 12.8. The van der Waals surface area contributed by atoms with Crippen molar-refractivity contribution in [1.82, 2.24) is 0 Å². The highest BCUT2D eigenvalue weighted by Crippen LogP contribution is 2.34. The number of hydrogen-bond acceptors (Lipinski definition) is 7. The van der Waals surface area contributed by atoms with Crippen LogP contribution in [0.4, 0.5) is 17.1 Å². The summed E-state index contributed by atoms with van der Waals surface area (Å²) in [6, 6.07) is 31.3. The summed E-state index contributed by atoms with van der Waals surface area (Å²) >= 11 is 0. The highest BCUT2D eigenvalue weighted by atomic mass is 32.3. The fraction of sp³-hybridized carbons (Fsp3) is 0.118. The molecule has 0 aromatic heterocycles. The van der Waals surface area contributed by atoms with Crippen molar-refractivity contribution in [1.29, 1.82) is 0 Å². The van der Waals surface area contributed by atoms with Crippen molar-refractivity contribution in [3.8, 4) is 0 Å². The molecule has 0 atom stereocenters. The highest BCUT2D eigenvalue weighted by Gasteiger charge is 2.38. The van der Waals surface area contributed by atoms with Gasteiger partial charge >= 0.3 is 0 Å². The molecule has 0 saturated carbocycles. The van der Waals surface area contributed by atoms with Crippen LogP contribution in [0.2, 0.25) is 0 Å². The number of nitrogens with zero attached hydrogens (tertiary/aromatic N) is 1. The molecule has 0 radical (unpaired) electrons. The summed E-state index contributed by atoms with van der Waals surface area (Å²) in [7, 11) is -13.2. The van der Waals surface area contributed by atoms with Gasteiger partial charge in [0.1, 0.15) is 0 Å². The third-order valence-electron chi connectivity index (χ3n) is 7.23. The molecule has 0 amide bonds. The lowest BCUT2D eigenvalue weighted by atomic mass is 10.1. The first kappa shape index (κ1) is 32.7. The van der Waals surface area contributed by atoms with E-state index in [0.717, 1.165) is 16.7 Å². The second-order valence-corrected chi connectivity index (χ2v) is 16.3. The normalized spacial score (nSPS) is 12.0. The van der Waals surface area contributed by atoms with E-state index in [2.05, 4.69) is 10.0 Å². The molecule has 2 N–H and O–H groups in total. The number of hydrogen-bond donors (Lipinski definition) is 2. The van der Waals surface area contributed by atoms with Crippen molar-refractivity contribution < 1.29 is 25.3 Å². The average molecular weight is 676 g/mol. The molecular formula is C34H33N3O6S3. The van der Waals surface area contributed by atoms with E-state index in [-0.39, 0.29) is 32.6 Å². The van der Waals surface area contributed by atoms with Crippen LogP contribution in [0.15, 0.2) is 136 Å². The topological polar surface area (TPSA) is 130 Å². The smallest absolute Gasteiger partial charge is 0.277 e. The van der Waals surface area contributed by atoms with Crippen LogP contribution in [-0.4, -0.2) is 25.3 Å². The molecule has 0 aliphatic heterocycles. The molecule has 9 nitrogen and oxygen atoms in total. The van der Waals surface area contributed by atoms with Crippen LogP contribution in [-0.2, 0) is 36.6 Å². The van der Waals surface area contributed by atoms with Crippen molar-refractivity contribution in [2.75, 3.05) is 13.7 Å². The van der Waals surface area contributed by atoms with Gasteiger partial charge < -0.3 is 5.32 Å². The first-order valence-electron chi connectivity index (χ1n) is 14.2. The van der Waals surface area contributed by atoms with E-state index < -0.39 is 30.1 Å². The van der Waals surface area contributed by atoms with Crippen LogP contribution in [0.25, 0.3) is 0 Å². The predicted octanol–water partition coefficient (Wildman–Crippen LogP) is 6.61. The van der Waals surface area contributed by atoms with E-state index in [0.29, 0.717) is 15.0 Å². The van der Waals surface area contributed by atoms with Gasteiger partial charge in [-0.15, -0.1) is 0 Å². The Morgan fingerprint density at radius 3 is 1.41 bits per heavy atom. The molecule has 5 aromatic rings. The number of para-hydroxylation sites is 3. The molecular weight excluding hydrogens is 643 g/mol. The third kappa shape index (κ3) is 6.94. The number of rotatable bonds is 11. The van der Waals surface area contributed by atoms with Crippen LogP contribution >= 0.6 is 0 Å². The molecule has 238 valence electrons. The monoisotopic (exact) mass is 675 g/mol. The Hall–Kier alpha value is -4.65. The van der Waals surface area contributed by atoms with Gasteiger partial charge in [-0.05, 0) is 80.9 Å². The summed E-state index contributed by atoms with van der Waals surface area (Å²) in [6.45, 7) is 5.43. The Kier molecular flexibility index (Phi) is 9.24. The van der Waals surface area contributed by atoms with Crippen molar-refractivity contribution in [3.63, 3.8) is 0 Å². The van der Waals surface area contributed by atoms with Crippen LogP contribution in [0.1, 0.15) is 22.3 Å². The average Bonchev–Trinajstić information content (AvgIpc) is 3.01. The van der Waals surface area contributed by atoms with Gasteiger partial charge in [0.05, 0.1) is 31.7 Å². The van der Waals surface area contributed by atoms with Gasteiger partial charge in [-0.1, -0.05) is 83.4 Å². The summed E-state index contributed by atoms with van der Waals surface area (Å²) < 4.78 is 86.0. The fourth-order valence-electron chi connectivity index (χ4n) is 4.68. The van der Waals surface area contributed by atoms with Gasteiger partial charge in [0.15, 0.2) is 0 Å². The van der Waals surface area contributed by atoms with E-state index >= 15 is 0 Å². The van der Waals surface area contributed by atoms with Crippen molar-refractivity contribution in [3.05, 3.63) is 144 Å². The summed E-state index contributed by atoms with van der Waals surface area (Å²) in [6.07, 6.45) is 0. The van der Waals surface area contributed by atoms with Crippen LogP contribution in [0.3, 0.4) is 0 Å². The molecule has 5 aromatic carbocycles. The number of aryl methyl sites for hydroxylation is 3. The quantitative estimate of drug-likeness (QED) is 0.161. The van der Waals surface area contributed by atoms with Gasteiger partial charge in [-0.3, -0.25) is 4.72 Å². The lowest BCUT2D eigenvalue weighted by Gasteiger charge is -2.26. The summed E-state index contributed by atoms with van der Waals surface area (Å²) in [5.74, 6) is 0. The molecule has 0 saturated heterocycles. The van der Waals surface area contributed by atoms with Crippen molar-refractivity contribution in [2.24, 2.45) is 0 Å². The minimum atomic E-state index is -4.63. The zero-order valence-corrected chi connectivity index (χ0v) is 27.8. The minimum absolute atomic E-state index is 0.0389. The maximum Gasteiger partial charge on any atom is 0.277 e. The Morgan fingerprint density at radius 1 is 0.500 bits per heavy atom. The number of nitrogens with one attached hydrogen (secondary N) is 2. The second-order valence-electron chi connectivity index (χ2n) is 10.8. The first-order chi connectivity index (χ1) is 21.8. The maximum atomic E-state index is 14.2. The van der Waals surface area contributed by atoms with Gasteiger partial charge in [0.2, 0.25) is 0 Å². The molecule has 0 spiro atoms. The summed E-state index contributed by atoms with van der Waals surface area (Å²) in [4.78, 5) is -0.281. The highest BCUT2D eigenvalue weighted by molar-refractivity contribution is 8.10. The molecule has 0 fully saturated rings. The van der Waals surface area contributed by atoms with Crippen LogP contribution in [0, 0.1) is 20.8 Å². The van der Waals surface area contributed by atoms with Gasteiger partial charge in [-0.25, -0.2) is 25.3 Å². The van der Waals surface area contributed by atoms with Gasteiger partial charge in [-0.2, -0.15) is 3.71 Å². The van der Waals surface area contributed by atoms with Gasteiger partial charge in [0.25, 0.3) is 30.1 Å². The number of sulfonamides is 3.